The van der Waals surface area contributed by atoms with E-state index in [1.807, 2.05) is 0 Å². The van der Waals surface area contributed by atoms with Crippen LogP contribution in [0, 0.1) is 0 Å². The van der Waals surface area contributed by atoms with Gasteiger partial charge in [0, 0.05) is 13.0 Å². The van der Waals surface area contributed by atoms with Gasteiger partial charge in [0.05, 0.1) is 32.1 Å². The van der Waals surface area contributed by atoms with Crippen molar-refractivity contribution in [2.45, 2.75) is 37.3 Å². The molecule has 168 valence electrons. The molecule has 4 rings (SSSR count). The Balaban J connectivity index is 1.53. The van der Waals surface area contributed by atoms with Crippen molar-refractivity contribution in [2.24, 2.45) is 11.5 Å². The van der Waals surface area contributed by atoms with Crippen LogP contribution < -0.4 is 16.8 Å². The van der Waals surface area contributed by atoms with E-state index >= 15 is 0 Å². The predicted molar refractivity (Wildman–Crippen MR) is 106 cm³/mol. The Morgan fingerprint density at radius 1 is 1.23 bits per heavy atom. The fourth-order valence-electron chi connectivity index (χ4n) is 3.61. The number of nitrogens with two attached hydrogens (primary N) is 2. The monoisotopic (exact) mass is 435 g/mol. The first-order valence-electron chi connectivity index (χ1n) is 10.0. The van der Waals surface area contributed by atoms with Gasteiger partial charge in [-0.25, -0.2) is 15.0 Å². The normalized spacial score (nSPS) is 25.6. The van der Waals surface area contributed by atoms with Crippen molar-refractivity contribution in [1.29, 1.82) is 0 Å². The Kier molecular flexibility index (Phi) is 6.56. The number of carbonyl (C=O) groups excluding carboxylic acids is 2. The third-order valence-corrected chi connectivity index (χ3v) is 5.14. The topological polar surface area (TPSA) is 179 Å². The van der Waals surface area contributed by atoms with Crippen LogP contribution in [0.25, 0.3) is 11.2 Å². The van der Waals surface area contributed by atoms with Crippen molar-refractivity contribution in [2.75, 3.05) is 38.2 Å². The summed E-state index contributed by atoms with van der Waals surface area (Å²) in [5.74, 6) is -0.548. The van der Waals surface area contributed by atoms with Gasteiger partial charge < -0.3 is 35.7 Å². The summed E-state index contributed by atoms with van der Waals surface area (Å²) in [5, 5.41) is 3.33. The molecule has 31 heavy (non-hydrogen) atoms. The van der Waals surface area contributed by atoms with Crippen LogP contribution in [0.15, 0.2) is 12.7 Å². The van der Waals surface area contributed by atoms with Crippen LogP contribution in [-0.2, 0) is 28.5 Å². The molecule has 0 aliphatic carbocycles. The number of fused-ring (bicyclic) bond motifs is 1. The van der Waals surface area contributed by atoms with Gasteiger partial charge in [-0.05, 0) is 6.42 Å². The Labute approximate surface area is 177 Å². The molecule has 0 saturated carbocycles. The second-order valence-electron chi connectivity index (χ2n) is 7.24. The molecule has 0 radical (unpaired) electrons. The highest BCUT2D eigenvalue weighted by molar-refractivity contribution is 5.82. The Bertz CT molecular complexity index is 931. The van der Waals surface area contributed by atoms with E-state index in [9.17, 15) is 9.59 Å². The lowest BCUT2D eigenvalue weighted by molar-refractivity contribution is -0.156. The lowest BCUT2D eigenvalue weighted by atomic mass is 10.2. The van der Waals surface area contributed by atoms with E-state index < -0.39 is 30.4 Å². The van der Waals surface area contributed by atoms with Crippen LogP contribution in [0.4, 0.5) is 5.82 Å². The molecular formula is C18H25N7O6. The van der Waals surface area contributed by atoms with Crippen LogP contribution in [0.2, 0.25) is 0 Å². The highest BCUT2D eigenvalue weighted by atomic mass is 16.6. The van der Waals surface area contributed by atoms with Crippen LogP contribution >= 0.6 is 0 Å². The maximum atomic E-state index is 11.7. The molecule has 13 nitrogen and oxygen atoms in total. The zero-order valence-corrected chi connectivity index (χ0v) is 16.8. The number of rotatable bonds is 8. The van der Waals surface area contributed by atoms with Gasteiger partial charge in [-0.1, -0.05) is 0 Å². The van der Waals surface area contributed by atoms with E-state index in [0.717, 1.165) is 6.42 Å². The number of esters is 2. The van der Waals surface area contributed by atoms with Crippen molar-refractivity contribution < 1.29 is 28.5 Å². The van der Waals surface area contributed by atoms with E-state index in [1.165, 1.54) is 6.33 Å². The zero-order chi connectivity index (χ0) is 21.8. The van der Waals surface area contributed by atoms with Crippen LogP contribution in [0.3, 0.4) is 0 Å². The minimum Gasteiger partial charge on any atom is -0.462 e. The Hall–Kier alpha value is -2.87. The van der Waals surface area contributed by atoms with E-state index in [4.69, 9.17) is 30.4 Å². The van der Waals surface area contributed by atoms with Gasteiger partial charge in [-0.2, -0.15) is 0 Å². The molecule has 0 amide bonds. The zero-order valence-electron chi connectivity index (χ0n) is 16.8. The fourth-order valence-corrected chi connectivity index (χ4v) is 3.61. The molecule has 2 aromatic heterocycles. The maximum Gasteiger partial charge on any atom is 0.320 e. The van der Waals surface area contributed by atoms with Crippen LogP contribution in [0.1, 0.15) is 19.1 Å². The summed E-state index contributed by atoms with van der Waals surface area (Å²) < 4.78 is 23.6. The van der Waals surface area contributed by atoms with E-state index in [2.05, 4.69) is 20.3 Å². The lowest BCUT2D eigenvalue weighted by Crippen LogP contribution is -2.34. The number of nitrogens with one attached hydrogen (secondary N) is 1. The molecule has 0 spiro atoms. The van der Waals surface area contributed by atoms with Gasteiger partial charge in [0.25, 0.3) is 0 Å². The van der Waals surface area contributed by atoms with Gasteiger partial charge in [-0.3, -0.25) is 14.2 Å². The van der Waals surface area contributed by atoms with Crippen LogP contribution in [-0.4, -0.2) is 82.6 Å². The van der Waals surface area contributed by atoms with Gasteiger partial charge in [0.2, 0.25) is 0 Å². The largest absolute Gasteiger partial charge is 0.462 e. The fraction of sp³-hybridized carbons (Fsp3) is 0.611. The summed E-state index contributed by atoms with van der Waals surface area (Å²) in [5.41, 5.74) is 11.8. The molecule has 2 aromatic rings. The third kappa shape index (κ3) is 4.74. The summed E-state index contributed by atoms with van der Waals surface area (Å²) in [4.78, 5) is 36.3. The summed E-state index contributed by atoms with van der Waals surface area (Å²) in [6.07, 6.45) is 2.36. The number of anilines is 1. The third-order valence-electron chi connectivity index (χ3n) is 5.14. The number of hydrogen-bond donors (Lipinski definition) is 3. The van der Waals surface area contributed by atoms with E-state index in [-0.39, 0.29) is 25.7 Å². The van der Waals surface area contributed by atoms with Gasteiger partial charge in [-0.15, -0.1) is 0 Å². The second-order valence-corrected chi connectivity index (χ2v) is 7.24. The summed E-state index contributed by atoms with van der Waals surface area (Å²) in [6.45, 7) is 0.682. The Morgan fingerprint density at radius 3 is 2.81 bits per heavy atom. The summed E-state index contributed by atoms with van der Waals surface area (Å²) in [7, 11) is 0. The van der Waals surface area contributed by atoms with Crippen molar-refractivity contribution in [3.63, 3.8) is 0 Å². The smallest absolute Gasteiger partial charge is 0.320 e. The predicted octanol–water partition coefficient (Wildman–Crippen LogP) is -1.31. The first-order chi connectivity index (χ1) is 15.1. The number of aromatic nitrogens is 4. The summed E-state index contributed by atoms with van der Waals surface area (Å²) in [6, 6.07) is 0.160. The first-order valence-corrected chi connectivity index (χ1v) is 10.0. The molecule has 2 fully saturated rings. The Morgan fingerprint density at radius 2 is 2.06 bits per heavy atom. The van der Waals surface area contributed by atoms with E-state index in [1.54, 1.807) is 10.9 Å². The molecule has 4 heterocycles. The number of hydrogen-bond acceptors (Lipinski definition) is 12. The molecular weight excluding hydrogens is 410 g/mol. The molecule has 2 saturated heterocycles. The second kappa shape index (κ2) is 9.51. The first kappa shape index (κ1) is 21.4. The number of imidazole rings is 1. The molecule has 1 unspecified atom stereocenters. The number of nitrogens with zero attached hydrogens (tertiary/aromatic N) is 4. The molecule has 13 heteroatoms. The molecule has 5 N–H and O–H groups in total. The average Bonchev–Trinajstić information content (AvgIpc) is 3.52. The maximum absolute atomic E-state index is 11.7. The van der Waals surface area contributed by atoms with E-state index in [0.29, 0.717) is 36.6 Å². The molecule has 4 atom stereocenters. The molecule has 0 aromatic carbocycles. The minimum atomic E-state index is -0.677. The molecule has 2 aliphatic rings. The highest BCUT2D eigenvalue weighted by Gasteiger charge is 2.40. The van der Waals surface area contributed by atoms with Gasteiger partial charge >= 0.3 is 11.9 Å². The van der Waals surface area contributed by atoms with Crippen molar-refractivity contribution in [3.05, 3.63) is 12.7 Å². The van der Waals surface area contributed by atoms with Crippen molar-refractivity contribution >= 4 is 28.9 Å². The van der Waals surface area contributed by atoms with Gasteiger partial charge in [0.15, 0.2) is 17.0 Å². The highest BCUT2D eigenvalue weighted by Crippen LogP contribution is 2.33. The standard InChI is InChI=1S/C18H25N7O6/c19-4-14(26)29-7-12-11(31-15(27)5-20)3-13(30-12)25-9-23-16-17(21-8-22-18(16)25)24-10-1-2-28-6-10/h8-13H,1-7,19-20H2,(H,21,22,24)/t10-,11-,12-,13?/m1/s1. The van der Waals surface area contributed by atoms with Crippen LogP contribution in [0.5, 0.6) is 0 Å². The quantitative estimate of drug-likeness (QED) is 0.417. The average molecular weight is 435 g/mol. The van der Waals surface area contributed by atoms with Gasteiger partial charge in [0.1, 0.15) is 31.4 Å². The number of ether oxygens (including phenoxy) is 4. The SMILES string of the molecule is NCC(=O)OC[C@H]1OC(n2cnc3c(N[C@@H]4CCOC4)ncnc32)C[C@H]1OC(=O)CN. The lowest BCUT2D eigenvalue weighted by Gasteiger charge is -2.18. The van der Waals surface area contributed by atoms with Crippen molar-refractivity contribution in [3.8, 4) is 0 Å². The number of carbonyl (C=O) groups is 2. The van der Waals surface area contributed by atoms with Crippen molar-refractivity contribution in [1.82, 2.24) is 19.5 Å². The minimum absolute atomic E-state index is 0.106. The summed E-state index contributed by atoms with van der Waals surface area (Å²) >= 11 is 0. The molecule has 0 bridgehead atoms. The molecule has 2 aliphatic heterocycles.